The molecule has 2 N–H and O–H groups in total. The molecule has 0 bridgehead atoms. The predicted molar refractivity (Wildman–Crippen MR) is 59.4 cm³/mol. The first-order valence-electron chi connectivity index (χ1n) is 4.36. The van der Waals surface area contributed by atoms with Gasteiger partial charge in [-0.3, -0.25) is 0 Å². The van der Waals surface area contributed by atoms with Crippen molar-refractivity contribution in [3.63, 3.8) is 0 Å². The van der Waals surface area contributed by atoms with Crippen LogP contribution >= 0.6 is 23.1 Å². The third-order valence-corrected chi connectivity index (χ3v) is 3.05. The molecule has 0 aromatic carbocycles. The Morgan fingerprint density at radius 3 is 3.00 bits per heavy atom. The summed E-state index contributed by atoms with van der Waals surface area (Å²) in [6, 6.07) is 0.224. The van der Waals surface area contributed by atoms with Gasteiger partial charge in [-0.2, -0.15) is 15.0 Å². The molecule has 16 heavy (non-hydrogen) atoms. The summed E-state index contributed by atoms with van der Waals surface area (Å²) in [7, 11) is 0. The molecule has 0 aliphatic heterocycles. The van der Waals surface area contributed by atoms with Gasteiger partial charge in [0, 0.05) is 0 Å². The summed E-state index contributed by atoms with van der Waals surface area (Å²) in [5, 5.41) is 8.03. The molecule has 2 rings (SSSR count). The molecule has 2 aromatic rings. The molecule has 0 saturated heterocycles. The summed E-state index contributed by atoms with van der Waals surface area (Å²) >= 11 is 2.67. The summed E-state index contributed by atoms with van der Waals surface area (Å²) < 4.78 is 5.90. The Hall–Kier alpha value is -1.48. The van der Waals surface area contributed by atoms with Crippen LogP contribution in [0.4, 0.5) is 5.95 Å². The number of rotatable bonds is 4. The van der Waals surface area contributed by atoms with E-state index in [0.29, 0.717) is 11.8 Å². The van der Waals surface area contributed by atoms with Crippen molar-refractivity contribution in [3.8, 4) is 6.01 Å². The minimum atomic E-state index is 0.130. The number of nitrogens with zero attached hydrogens (tertiary/aromatic N) is 5. The molecule has 2 aromatic heterocycles. The summed E-state index contributed by atoms with van der Waals surface area (Å²) in [6.45, 7) is 2.32. The van der Waals surface area contributed by atoms with Crippen LogP contribution in [0.25, 0.3) is 0 Å². The molecule has 9 heteroatoms. The van der Waals surface area contributed by atoms with Crippen molar-refractivity contribution in [1.82, 2.24) is 25.1 Å². The van der Waals surface area contributed by atoms with Crippen LogP contribution < -0.4 is 10.5 Å². The highest BCUT2D eigenvalue weighted by Gasteiger charge is 2.08. The third kappa shape index (κ3) is 2.76. The highest BCUT2D eigenvalue weighted by Crippen LogP contribution is 2.26. The van der Waals surface area contributed by atoms with E-state index in [-0.39, 0.29) is 12.0 Å². The number of hydrogen-bond acceptors (Lipinski definition) is 9. The van der Waals surface area contributed by atoms with Crippen LogP contribution in [0.2, 0.25) is 0 Å². The Balaban J connectivity index is 2.20. The first kappa shape index (κ1) is 11.0. The topological polar surface area (TPSA) is 99.7 Å². The van der Waals surface area contributed by atoms with E-state index in [1.165, 1.54) is 23.1 Å². The van der Waals surface area contributed by atoms with Crippen LogP contribution in [0.5, 0.6) is 6.01 Å². The first-order valence-corrected chi connectivity index (χ1v) is 6.06. The maximum absolute atomic E-state index is 5.53. The monoisotopic (exact) mass is 256 g/mol. The van der Waals surface area contributed by atoms with Gasteiger partial charge in [0.1, 0.15) is 5.51 Å². The van der Waals surface area contributed by atoms with Crippen LogP contribution in [0, 0.1) is 0 Å². The van der Waals surface area contributed by atoms with E-state index in [1.54, 1.807) is 5.51 Å². The average Bonchev–Trinajstić information content (AvgIpc) is 2.70. The number of ether oxygens (including phenoxy) is 1. The molecule has 0 atom stereocenters. The fourth-order valence-electron chi connectivity index (χ4n) is 0.878. The van der Waals surface area contributed by atoms with Crippen LogP contribution in [0.1, 0.15) is 6.92 Å². The van der Waals surface area contributed by atoms with E-state index < -0.39 is 0 Å². The van der Waals surface area contributed by atoms with Crippen molar-refractivity contribution in [2.75, 3.05) is 12.3 Å². The van der Waals surface area contributed by atoms with Gasteiger partial charge in [-0.15, -0.1) is 10.2 Å². The lowest BCUT2D eigenvalue weighted by atomic mass is 10.8. The molecular formula is C7H8N6OS2. The SMILES string of the molecule is CCOc1nc(N)nc(Sc2nncs2)n1. The van der Waals surface area contributed by atoms with Crippen LogP contribution in [0.15, 0.2) is 15.0 Å². The summed E-state index contributed by atoms with van der Waals surface area (Å²) in [4.78, 5) is 11.9. The molecule has 0 fully saturated rings. The summed E-state index contributed by atoms with van der Waals surface area (Å²) in [5.41, 5.74) is 7.17. The van der Waals surface area contributed by atoms with E-state index in [2.05, 4.69) is 25.1 Å². The van der Waals surface area contributed by atoms with Crippen molar-refractivity contribution in [2.45, 2.75) is 16.4 Å². The molecular weight excluding hydrogens is 248 g/mol. The standard InChI is InChI=1S/C7H8N6OS2/c1-2-14-5-10-4(8)11-6(12-5)16-7-13-9-3-15-7/h3H,2H2,1H3,(H2,8,10,11,12). The van der Waals surface area contributed by atoms with Crippen molar-refractivity contribution in [1.29, 1.82) is 0 Å². The van der Waals surface area contributed by atoms with E-state index in [0.717, 1.165) is 4.34 Å². The molecule has 0 spiro atoms. The second kappa shape index (κ2) is 5.03. The van der Waals surface area contributed by atoms with E-state index >= 15 is 0 Å². The highest BCUT2D eigenvalue weighted by atomic mass is 32.2. The predicted octanol–water partition coefficient (Wildman–Crippen LogP) is 0.855. The van der Waals surface area contributed by atoms with E-state index in [1.807, 2.05) is 6.92 Å². The molecule has 0 radical (unpaired) electrons. The maximum atomic E-state index is 5.53. The molecule has 0 unspecified atom stereocenters. The number of hydrogen-bond donors (Lipinski definition) is 1. The van der Waals surface area contributed by atoms with Gasteiger partial charge in [0.05, 0.1) is 6.61 Å². The van der Waals surface area contributed by atoms with Gasteiger partial charge >= 0.3 is 6.01 Å². The number of anilines is 1. The second-order valence-corrected chi connectivity index (χ2v) is 4.55. The Morgan fingerprint density at radius 2 is 2.31 bits per heavy atom. The zero-order valence-electron chi connectivity index (χ0n) is 8.32. The van der Waals surface area contributed by atoms with Crippen molar-refractivity contribution in [3.05, 3.63) is 5.51 Å². The lowest BCUT2D eigenvalue weighted by molar-refractivity contribution is 0.308. The number of nitrogens with two attached hydrogens (primary N) is 1. The van der Waals surface area contributed by atoms with Gasteiger partial charge in [-0.1, -0.05) is 11.3 Å². The molecule has 0 aliphatic carbocycles. The summed E-state index contributed by atoms with van der Waals surface area (Å²) in [5.74, 6) is 0.130. The van der Waals surface area contributed by atoms with Gasteiger partial charge in [-0.05, 0) is 18.7 Å². The van der Waals surface area contributed by atoms with Crippen LogP contribution in [-0.2, 0) is 0 Å². The average molecular weight is 256 g/mol. The Labute approximate surface area is 99.5 Å². The largest absolute Gasteiger partial charge is 0.464 e. The lowest BCUT2D eigenvalue weighted by Gasteiger charge is -2.02. The van der Waals surface area contributed by atoms with Gasteiger partial charge < -0.3 is 10.5 Å². The lowest BCUT2D eigenvalue weighted by Crippen LogP contribution is -2.04. The van der Waals surface area contributed by atoms with Crippen LogP contribution in [-0.4, -0.2) is 31.8 Å². The zero-order valence-corrected chi connectivity index (χ0v) is 9.96. The molecule has 7 nitrogen and oxygen atoms in total. The zero-order chi connectivity index (χ0) is 11.4. The van der Waals surface area contributed by atoms with Gasteiger partial charge in [0.15, 0.2) is 4.34 Å². The quantitative estimate of drug-likeness (QED) is 0.859. The van der Waals surface area contributed by atoms with E-state index in [9.17, 15) is 0 Å². The minimum Gasteiger partial charge on any atom is -0.464 e. The van der Waals surface area contributed by atoms with Crippen molar-refractivity contribution < 1.29 is 4.74 Å². The highest BCUT2D eigenvalue weighted by molar-refractivity contribution is 8.00. The van der Waals surface area contributed by atoms with Gasteiger partial charge in [-0.25, -0.2) is 0 Å². The van der Waals surface area contributed by atoms with E-state index in [4.69, 9.17) is 10.5 Å². The minimum absolute atomic E-state index is 0.130. The Bertz CT molecular complexity index is 462. The first-order chi connectivity index (χ1) is 7.78. The van der Waals surface area contributed by atoms with Gasteiger partial charge in [0.25, 0.3) is 0 Å². The van der Waals surface area contributed by atoms with Crippen LogP contribution in [0.3, 0.4) is 0 Å². The smallest absolute Gasteiger partial charge is 0.322 e. The summed E-state index contributed by atoms with van der Waals surface area (Å²) in [6.07, 6.45) is 0. The fraction of sp³-hybridized carbons (Fsp3) is 0.286. The van der Waals surface area contributed by atoms with Crippen molar-refractivity contribution >= 4 is 29.0 Å². The Morgan fingerprint density at radius 1 is 1.44 bits per heavy atom. The molecule has 2 heterocycles. The molecule has 0 amide bonds. The maximum Gasteiger partial charge on any atom is 0.322 e. The molecule has 0 saturated carbocycles. The Kier molecular flexibility index (Phi) is 3.47. The van der Waals surface area contributed by atoms with Crippen molar-refractivity contribution in [2.24, 2.45) is 0 Å². The second-order valence-electron chi connectivity index (χ2n) is 2.50. The third-order valence-electron chi connectivity index (χ3n) is 1.40. The number of aromatic nitrogens is 5. The number of nitrogen functional groups attached to an aromatic ring is 1. The fourth-order valence-corrected chi connectivity index (χ4v) is 2.21. The molecule has 0 aliphatic rings. The molecule has 84 valence electrons. The van der Waals surface area contributed by atoms with Gasteiger partial charge in [0.2, 0.25) is 11.1 Å². The normalized spacial score (nSPS) is 10.3.